The van der Waals surface area contributed by atoms with E-state index in [-0.39, 0.29) is 17.1 Å². The van der Waals surface area contributed by atoms with E-state index in [0.717, 1.165) is 37.2 Å². The van der Waals surface area contributed by atoms with Crippen molar-refractivity contribution in [2.24, 2.45) is 0 Å². The van der Waals surface area contributed by atoms with E-state index in [9.17, 15) is 4.79 Å². The van der Waals surface area contributed by atoms with Crippen LogP contribution < -0.4 is 5.32 Å². The van der Waals surface area contributed by atoms with Gasteiger partial charge in [-0.2, -0.15) is 0 Å². The Bertz CT molecular complexity index is 554. The van der Waals surface area contributed by atoms with Crippen LogP contribution in [-0.4, -0.2) is 27.9 Å². The van der Waals surface area contributed by atoms with Gasteiger partial charge >= 0.3 is 0 Å². The van der Waals surface area contributed by atoms with Crippen molar-refractivity contribution in [3.8, 4) is 0 Å². The fraction of sp³-hybridized carbons (Fsp3) is 0.765. The molecule has 1 atom stereocenters. The molecule has 3 rings (SSSR count). The van der Waals surface area contributed by atoms with Crippen LogP contribution in [0.25, 0.3) is 0 Å². The van der Waals surface area contributed by atoms with Gasteiger partial charge in [0.15, 0.2) is 0 Å². The maximum Gasteiger partial charge on any atom is 0.244 e. The number of nitrogens with zero attached hydrogens (tertiary/aromatic N) is 2. The Hall–Kier alpha value is -0.940. The summed E-state index contributed by atoms with van der Waals surface area (Å²) >= 11 is 1.74. The number of amides is 1. The molecule has 5 heteroatoms. The number of carbonyl (C=O) groups is 1. The zero-order valence-electron chi connectivity index (χ0n) is 14.1. The van der Waals surface area contributed by atoms with Crippen LogP contribution in [0, 0.1) is 0 Å². The van der Waals surface area contributed by atoms with E-state index in [4.69, 9.17) is 0 Å². The Labute approximate surface area is 137 Å². The van der Waals surface area contributed by atoms with Crippen molar-refractivity contribution in [1.29, 1.82) is 0 Å². The molecular formula is C17H27N3OS. The molecule has 122 valence electrons. The predicted molar refractivity (Wildman–Crippen MR) is 89.9 cm³/mol. The van der Waals surface area contributed by atoms with Crippen molar-refractivity contribution in [2.45, 2.75) is 76.9 Å². The minimum absolute atomic E-state index is 0.00389. The first-order valence-electron chi connectivity index (χ1n) is 8.42. The summed E-state index contributed by atoms with van der Waals surface area (Å²) in [6, 6.07) is 0. The van der Waals surface area contributed by atoms with Gasteiger partial charge in [-0.3, -0.25) is 10.1 Å². The zero-order chi connectivity index (χ0) is 16.0. The first-order valence-corrected chi connectivity index (χ1v) is 9.24. The molecule has 2 aliphatic rings. The standard InChI is InChI=1S/C17H27N3OS/c1-5-20-13(12-11-18-14(22-12)16(2,3)4)19-17(15(20)21)9-7-6-8-10-17/h11,13,19H,5-10H2,1-4H3/t13-/m1/s1. The Morgan fingerprint density at radius 3 is 2.59 bits per heavy atom. The Balaban J connectivity index is 1.89. The molecule has 1 aromatic rings. The third kappa shape index (κ3) is 2.58. The van der Waals surface area contributed by atoms with Crippen molar-refractivity contribution >= 4 is 17.2 Å². The topological polar surface area (TPSA) is 45.2 Å². The highest BCUT2D eigenvalue weighted by atomic mass is 32.1. The number of thiazole rings is 1. The lowest BCUT2D eigenvalue weighted by Gasteiger charge is -2.31. The quantitative estimate of drug-likeness (QED) is 0.905. The van der Waals surface area contributed by atoms with Gasteiger partial charge in [-0.05, 0) is 19.8 Å². The number of hydrogen-bond acceptors (Lipinski definition) is 4. The summed E-state index contributed by atoms with van der Waals surface area (Å²) in [6.07, 6.45) is 7.47. The van der Waals surface area contributed by atoms with Crippen molar-refractivity contribution in [3.05, 3.63) is 16.1 Å². The van der Waals surface area contributed by atoms with Gasteiger partial charge in [-0.25, -0.2) is 4.98 Å². The number of aromatic nitrogens is 1. The van der Waals surface area contributed by atoms with Gasteiger partial charge in [-0.1, -0.05) is 40.0 Å². The second-order valence-corrected chi connectivity index (χ2v) is 8.66. The molecule has 1 saturated heterocycles. The van der Waals surface area contributed by atoms with Crippen molar-refractivity contribution < 1.29 is 4.79 Å². The summed E-state index contributed by atoms with van der Waals surface area (Å²) in [7, 11) is 0. The summed E-state index contributed by atoms with van der Waals surface area (Å²) in [4.78, 5) is 20.7. The smallest absolute Gasteiger partial charge is 0.244 e. The van der Waals surface area contributed by atoms with Gasteiger partial charge in [0.25, 0.3) is 0 Å². The van der Waals surface area contributed by atoms with Crippen LogP contribution >= 0.6 is 11.3 Å². The SMILES string of the molecule is CCN1C(=O)C2(CCCCC2)N[C@H]1c1cnc(C(C)(C)C)s1. The molecule has 1 N–H and O–H groups in total. The van der Waals surface area contributed by atoms with Crippen molar-refractivity contribution in [2.75, 3.05) is 6.54 Å². The zero-order valence-corrected chi connectivity index (χ0v) is 14.9. The van der Waals surface area contributed by atoms with E-state index in [1.165, 1.54) is 11.3 Å². The highest BCUT2D eigenvalue weighted by Gasteiger charge is 2.51. The fourth-order valence-electron chi connectivity index (χ4n) is 3.62. The molecule has 0 radical (unpaired) electrons. The summed E-state index contributed by atoms with van der Waals surface area (Å²) in [6.45, 7) is 9.37. The first-order chi connectivity index (χ1) is 10.4. The first kappa shape index (κ1) is 15.9. The van der Waals surface area contributed by atoms with Crippen LogP contribution in [0.2, 0.25) is 0 Å². The van der Waals surface area contributed by atoms with Crippen molar-refractivity contribution in [3.63, 3.8) is 0 Å². The molecular weight excluding hydrogens is 294 g/mol. The van der Waals surface area contributed by atoms with Crippen LogP contribution in [0.3, 0.4) is 0 Å². The van der Waals surface area contributed by atoms with Crippen LogP contribution in [-0.2, 0) is 10.2 Å². The molecule has 1 amide bonds. The lowest BCUT2D eigenvalue weighted by molar-refractivity contribution is -0.134. The highest BCUT2D eigenvalue weighted by Crippen LogP contribution is 2.41. The molecule has 1 spiro atoms. The molecule has 1 aliphatic carbocycles. The van der Waals surface area contributed by atoms with E-state index in [1.54, 1.807) is 11.3 Å². The van der Waals surface area contributed by atoms with Gasteiger partial charge in [-0.15, -0.1) is 11.3 Å². The van der Waals surface area contributed by atoms with Gasteiger partial charge in [0.05, 0.1) is 15.4 Å². The van der Waals surface area contributed by atoms with Gasteiger partial charge in [0.1, 0.15) is 6.17 Å². The van der Waals surface area contributed by atoms with E-state index < -0.39 is 0 Å². The maximum atomic E-state index is 12.9. The molecule has 1 aliphatic heterocycles. The van der Waals surface area contributed by atoms with Crippen LogP contribution in [0.1, 0.15) is 75.8 Å². The van der Waals surface area contributed by atoms with Crippen LogP contribution in [0.4, 0.5) is 0 Å². The van der Waals surface area contributed by atoms with Crippen molar-refractivity contribution in [1.82, 2.24) is 15.2 Å². The normalized spacial score (nSPS) is 25.2. The van der Waals surface area contributed by atoms with E-state index in [2.05, 4.69) is 38.0 Å². The highest BCUT2D eigenvalue weighted by molar-refractivity contribution is 7.11. The summed E-state index contributed by atoms with van der Waals surface area (Å²) in [5, 5.41) is 4.82. The number of carbonyl (C=O) groups excluding carboxylic acids is 1. The van der Waals surface area contributed by atoms with Gasteiger partial charge in [0.2, 0.25) is 5.91 Å². The van der Waals surface area contributed by atoms with Crippen LogP contribution in [0.15, 0.2) is 6.20 Å². The second-order valence-electron chi connectivity index (χ2n) is 7.60. The number of likely N-dealkylation sites (N-methyl/N-ethyl adjacent to an activating group) is 1. The fourth-order valence-corrected chi connectivity index (χ4v) is 4.66. The number of nitrogens with one attached hydrogen (secondary N) is 1. The van der Waals surface area contributed by atoms with Gasteiger partial charge in [0, 0.05) is 18.2 Å². The lowest BCUT2D eigenvalue weighted by atomic mass is 9.82. The number of rotatable bonds is 2. The van der Waals surface area contributed by atoms with Gasteiger partial charge < -0.3 is 4.90 Å². The molecule has 22 heavy (non-hydrogen) atoms. The second kappa shape index (κ2) is 5.60. The molecule has 1 saturated carbocycles. The third-order valence-corrected chi connectivity index (χ3v) is 6.35. The molecule has 2 heterocycles. The molecule has 4 nitrogen and oxygen atoms in total. The molecule has 0 unspecified atom stereocenters. The molecule has 0 aromatic carbocycles. The van der Waals surface area contributed by atoms with E-state index in [1.807, 2.05) is 11.1 Å². The third-order valence-electron chi connectivity index (χ3n) is 4.88. The summed E-state index contributed by atoms with van der Waals surface area (Å²) < 4.78 is 0. The molecule has 2 fully saturated rings. The molecule has 0 bridgehead atoms. The number of hydrogen-bond donors (Lipinski definition) is 1. The Morgan fingerprint density at radius 1 is 1.36 bits per heavy atom. The van der Waals surface area contributed by atoms with E-state index >= 15 is 0 Å². The largest absolute Gasteiger partial charge is 0.321 e. The summed E-state index contributed by atoms with van der Waals surface area (Å²) in [5.74, 6) is 0.297. The Kier molecular flexibility index (Phi) is 4.06. The minimum atomic E-state index is -0.315. The Morgan fingerprint density at radius 2 is 2.05 bits per heavy atom. The summed E-state index contributed by atoms with van der Waals surface area (Å²) in [5.41, 5.74) is -0.254. The lowest BCUT2D eigenvalue weighted by Crippen LogP contribution is -2.48. The molecule has 1 aromatic heterocycles. The van der Waals surface area contributed by atoms with E-state index in [0.29, 0.717) is 5.91 Å². The average molecular weight is 321 g/mol. The monoisotopic (exact) mass is 321 g/mol. The predicted octanol–water partition coefficient (Wildman–Crippen LogP) is 3.59. The maximum absolute atomic E-state index is 12.9. The van der Waals surface area contributed by atoms with Crippen LogP contribution in [0.5, 0.6) is 0 Å². The average Bonchev–Trinajstić information content (AvgIpc) is 3.05. The minimum Gasteiger partial charge on any atom is -0.321 e.